The molecule has 2 aliphatic heterocycles. The van der Waals surface area contributed by atoms with Gasteiger partial charge in [-0.15, -0.1) is 0 Å². The fourth-order valence-electron chi connectivity index (χ4n) is 5.18. The van der Waals surface area contributed by atoms with Gasteiger partial charge >= 0.3 is 0 Å². The summed E-state index contributed by atoms with van der Waals surface area (Å²) < 4.78 is 41.4. The normalized spacial score (nSPS) is 20.6. The van der Waals surface area contributed by atoms with Crippen molar-refractivity contribution in [2.24, 2.45) is 5.92 Å². The van der Waals surface area contributed by atoms with Gasteiger partial charge in [0.25, 0.3) is 6.43 Å². The molecule has 7 heteroatoms. The predicted octanol–water partition coefficient (Wildman–Crippen LogP) is 6.52. The Morgan fingerprint density at radius 3 is 2.46 bits per heavy atom. The van der Waals surface area contributed by atoms with E-state index >= 15 is 0 Å². The van der Waals surface area contributed by atoms with E-state index in [1.165, 1.54) is 36.8 Å². The number of hydrogen-bond acceptors (Lipinski definition) is 5. The van der Waals surface area contributed by atoms with Crippen LogP contribution in [-0.2, 0) is 0 Å². The molecule has 194 valence electrons. The molecular formula is C30H31F2NO4. The van der Waals surface area contributed by atoms with Gasteiger partial charge in [0.05, 0.1) is 0 Å². The Morgan fingerprint density at radius 1 is 1.03 bits per heavy atom. The van der Waals surface area contributed by atoms with Crippen molar-refractivity contribution in [1.82, 2.24) is 4.90 Å². The van der Waals surface area contributed by atoms with Crippen LogP contribution >= 0.6 is 0 Å². The third-order valence-corrected chi connectivity index (χ3v) is 7.18. The Kier molecular flexibility index (Phi) is 7.07. The lowest BCUT2D eigenvalue weighted by Gasteiger charge is -2.32. The van der Waals surface area contributed by atoms with E-state index in [2.05, 4.69) is 18.7 Å². The molecule has 0 bridgehead atoms. The fourth-order valence-corrected chi connectivity index (χ4v) is 5.18. The third kappa shape index (κ3) is 5.27. The van der Waals surface area contributed by atoms with Gasteiger partial charge in [-0.2, -0.15) is 0 Å². The largest absolute Gasteiger partial charge is 0.508 e. The van der Waals surface area contributed by atoms with Crippen molar-refractivity contribution in [1.29, 1.82) is 0 Å². The van der Waals surface area contributed by atoms with Crippen LogP contribution in [0.4, 0.5) is 8.78 Å². The highest BCUT2D eigenvalue weighted by Crippen LogP contribution is 2.49. The van der Waals surface area contributed by atoms with E-state index in [0.29, 0.717) is 35.4 Å². The topological polar surface area (TPSA) is 62.2 Å². The van der Waals surface area contributed by atoms with Crippen LogP contribution in [0, 0.1) is 5.92 Å². The first-order valence-electron chi connectivity index (χ1n) is 12.6. The Balaban J connectivity index is 1.46. The predicted molar refractivity (Wildman–Crippen MR) is 139 cm³/mol. The molecule has 2 aliphatic rings. The highest BCUT2D eigenvalue weighted by Gasteiger charge is 2.35. The van der Waals surface area contributed by atoms with E-state index in [9.17, 15) is 19.0 Å². The summed E-state index contributed by atoms with van der Waals surface area (Å²) in [5.74, 6) is 1.49. The van der Waals surface area contributed by atoms with E-state index in [1.807, 2.05) is 24.3 Å². The van der Waals surface area contributed by atoms with Gasteiger partial charge in [0.15, 0.2) is 0 Å². The second-order valence-corrected chi connectivity index (χ2v) is 9.97. The summed E-state index contributed by atoms with van der Waals surface area (Å²) in [6, 6.07) is 18.0. The van der Waals surface area contributed by atoms with Gasteiger partial charge in [-0.05, 0) is 79.4 Å². The van der Waals surface area contributed by atoms with Crippen LogP contribution in [0.3, 0.4) is 0 Å². The zero-order valence-electron chi connectivity index (χ0n) is 20.9. The average molecular weight is 508 g/mol. The number of halogens is 2. The van der Waals surface area contributed by atoms with Crippen LogP contribution in [0.15, 0.2) is 66.7 Å². The average Bonchev–Trinajstić information content (AvgIpc) is 3.32. The van der Waals surface area contributed by atoms with Gasteiger partial charge in [0, 0.05) is 29.3 Å². The monoisotopic (exact) mass is 507 g/mol. The minimum atomic E-state index is -2.83. The van der Waals surface area contributed by atoms with E-state index in [1.54, 1.807) is 12.1 Å². The number of hydrogen-bond donors (Lipinski definition) is 2. The Labute approximate surface area is 215 Å². The number of allylic oxidation sites excluding steroid dienone is 1. The summed E-state index contributed by atoms with van der Waals surface area (Å²) in [5, 5.41) is 20.1. The smallest absolute Gasteiger partial charge is 0.265 e. The molecule has 5 rings (SSSR count). The van der Waals surface area contributed by atoms with Crippen molar-refractivity contribution in [3.8, 4) is 23.0 Å². The quantitative estimate of drug-likeness (QED) is 0.381. The molecule has 0 radical (unpaired) electrons. The molecule has 3 aromatic carbocycles. The number of aromatic hydroxyl groups is 2. The van der Waals surface area contributed by atoms with E-state index in [0.717, 1.165) is 13.1 Å². The first-order chi connectivity index (χ1) is 17.8. The number of nitrogens with zero attached hydrogens (tertiary/aromatic N) is 1. The summed E-state index contributed by atoms with van der Waals surface area (Å²) >= 11 is 0. The first-order valence-corrected chi connectivity index (χ1v) is 12.6. The molecule has 2 N–H and O–H groups in total. The molecule has 3 aromatic rings. The lowest BCUT2D eigenvalue weighted by Crippen LogP contribution is -2.35. The standard InChI is InChI=1S/C30H31F2NO4/c1-18-12-13-33(16-18)19(2)17-36-24-9-6-20(7-10-24)29-27(21-4-3-5-22(34)14-21)28(30(31)32)25-15-23(35)8-11-26(25)37-29/h3-11,14-15,18-19,29-30,34-35H,12-13,16-17H2,1-2H3/t18-,19+,29?/m1/s1. The third-order valence-electron chi connectivity index (χ3n) is 7.18. The molecular weight excluding hydrogens is 476 g/mol. The molecule has 1 fully saturated rings. The van der Waals surface area contributed by atoms with Crippen molar-refractivity contribution in [2.45, 2.75) is 38.8 Å². The first kappa shape index (κ1) is 25.1. The number of rotatable bonds is 7. The number of phenolic OH excluding ortho intramolecular Hbond substituents is 2. The van der Waals surface area contributed by atoms with E-state index < -0.39 is 12.5 Å². The van der Waals surface area contributed by atoms with Gasteiger partial charge < -0.3 is 19.7 Å². The minimum absolute atomic E-state index is 0.0377. The molecule has 1 saturated heterocycles. The van der Waals surface area contributed by atoms with Gasteiger partial charge in [0.2, 0.25) is 0 Å². The number of ether oxygens (including phenoxy) is 2. The molecule has 0 aliphatic carbocycles. The maximum absolute atomic E-state index is 14.6. The van der Waals surface area contributed by atoms with Crippen molar-refractivity contribution in [2.75, 3.05) is 19.7 Å². The van der Waals surface area contributed by atoms with Crippen LogP contribution in [-0.4, -0.2) is 47.3 Å². The van der Waals surface area contributed by atoms with Crippen LogP contribution in [0.2, 0.25) is 0 Å². The molecule has 2 heterocycles. The van der Waals surface area contributed by atoms with Gasteiger partial charge in [-0.3, -0.25) is 4.90 Å². The number of phenols is 2. The summed E-state index contributed by atoms with van der Waals surface area (Å²) in [6.45, 7) is 7.15. The lowest BCUT2D eigenvalue weighted by atomic mass is 9.85. The fraction of sp³-hybridized carbons (Fsp3) is 0.333. The minimum Gasteiger partial charge on any atom is -0.508 e. The molecule has 0 aromatic heterocycles. The highest BCUT2D eigenvalue weighted by atomic mass is 19.3. The van der Waals surface area contributed by atoms with Crippen LogP contribution in [0.25, 0.3) is 11.1 Å². The maximum Gasteiger partial charge on any atom is 0.265 e. The summed E-state index contributed by atoms with van der Waals surface area (Å²) in [6.07, 6.45) is -2.47. The SMILES string of the molecule is C[C@@H]1CCN([C@@H](C)COc2ccc(C3Oc4ccc(O)cc4C(C(F)F)=C3c3cccc(O)c3)cc2)C1. The molecule has 0 spiro atoms. The Bertz CT molecular complexity index is 1290. The van der Waals surface area contributed by atoms with Gasteiger partial charge in [-0.1, -0.05) is 31.2 Å². The summed E-state index contributed by atoms with van der Waals surface area (Å²) in [4.78, 5) is 2.43. The van der Waals surface area contributed by atoms with Gasteiger partial charge in [-0.25, -0.2) is 8.78 Å². The summed E-state index contributed by atoms with van der Waals surface area (Å²) in [7, 11) is 0. The molecule has 0 amide bonds. The number of alkyl halides is 2. The van der Waals surface area contributed by atoms with Crippen molar-refractivity contribution in [3.05, 3.63) is 83.4 Å². The van der Waals surface area contributed by atoms with Crippen LogP contribution in [0.1, 0.15) is 43.1 Å². The van der Waals surface area contributed by atoms with Crippen molar-refractivity contribution in [3.63, 3.8) is 0 Å². The van der Waals surface area contributed by atoms with Crippen molar-refractivity contribution < 1.29 is 28.5 Å². The molecule has 3 atom stereocenters. The number of benzene rings is 3. The second-order valence-electron chi connectivity index (χ2n) is 9.97. The van der Waals surface area contributed by atoms with E-state index in [4.69, 9.17) is 9.47 Å². The number of fused-ring (bicyclic) bond motifs is 1. The lowest BCUT2D eigenvalue weighted by molar-refractivity contribution is 0.169. The van der Waals surface area contributed by atoms with Crippen molar-refractivity contribution >= 4 is 11.1 Å². The molecule has 0 saturated carbocycles. The molecule has 5 nitrogen and oxygen atoms in total. The van der Waals surface area contributed by atoms with Crippen LogP contribution in [0.5, 0.6) is 23.0 Å². The highest BCUT2D eigenvalue weighted by molar-refractivity contribution is 5.97. The summed E-state index contributed by atoms with van der Waals surface area (Å²) in [5.41, 5.74) is 1.23. The zero-order valence-corrected chi connectivity index (χ0v) is 20.9. The maximum atomic E-state index is 14.6. The molecule has 1 unspecified atom stereocenters. The van der Waals surface area contributed by atoms with E-state index in [-0.39, 0.29) is 34.0 Å². The second kappa shape index (κ2) is 10.4. The zero-order chi connectivity index (χ0) is 26.1. The Morgan fingerprint density at radius 2 is 1.78 bits per heavy atom. The van der Waals surface area contributed by atoms with Gasteiger partial charge in [0.1, 0.15) is 35.7 Å². The molecule has 37 heavy (non-hydrogen) atoms. The number of likely N-dealkylation sites (tertiary alicyclic amines) is 1. The Hall–Kier alpha value is -3.58. The van der Waals surface area contributed by atoms with Crippen LogP contribution < -0.4 is 9.47 Å².